The van der Waals surface area contributed by atoms with Crippen molar-refractivity contribution in [3.05, 3.63) is 59.7 Å². The third kappa shape index (κ3) is 3.86. The predicted molar refractivity (Wildman–Crippen MR) is 124 cm³/mol. The summed E-state index contributed by atoms with van der Waals surface area (Å²) < 4.78 is 10.7. The van der Waals surface area contributed by atoms with Crippen LogP contribution in [-0.2, 0) is 16.6 Å². The first-order chi connectivity index (χ1) is 15.6. The zero-order chi connectivity index (χ0) is 22.1. The third-order valence-electron chi connectivity index (χ3n) is 7.55. The smallest absolute Gasteiger partial charge is 0.220 e. The molecular formula is C26H33N3O3. The Balaban J connectivity index is 1.33. The lowest BCUT2D eigenvalue weighted by Gasteiger charge is -2.55. The summed E-state index contributed by atoms with van der Waals surface area (Å²) in [5.74, 6) is 2.01. The van der Waals surface area contributed by atoms with E-state index in [9.17, 15) is 4.79 Å². The first-order valence-electron chi connectivity index (χ1n) is 11.6. The average molecular weight is 436 g/mol. The van der Waals surface area contributed by atoms with Gasteiger partial charge in [0.05, 0.1) is 14.2 Å². The number of hydrogen-bond acceptors (Lipinski definition) is 5. The number of amides is 1. The molecule has 4 aliphatic rings. The molecule has 2 unspecified atom stereocenters. The molecule has 0 radical (unpaired) electrons. The van der Waals surface area contributed by atoms with Crippen molar-refractivity contribution in [2.45, 2.75) is 24.3 Å². The number of nitrogens with one attached hydrogen (secondary N) is 1. The van der Waals surface area contributed by atoms with Gasteiger partial charge >= 0.3 is 0 Å². The fourth-order valence-corrected chi connectivity index (χ4v) is 6.11. The fraction of sp³-hybridized carbons (Fsp3) is 0.500. The fourth-order valence-electron chi connectivity index (χ4n) is 6.11. The summed E-state index contributed by atoms with van der Waals surface area (Å²) >= 11 is 0. The second kappa shape index (κ2) is 8.75. The zero-order valence-electron chi connectivity index (χ0n) is 19.0. The summed E-state index contributed by atoms with van der Waals surface area (Å²) in [4.78, 5) is 18.4. The van der Waals surface area contributed by atoms with Crippen molar-refractivity contribution in [3.63, 3.8) is 0 Å². The average Bonchev–Trinajstić information content (AvgIpc) is 3.08. The lowest BCUT2D eigenvalue weighted by molar-refractivity contribution is -0.124. The van der Waals surface area contributed by atoms with Gasteiger partial charge in [0, 0.05) is 63.1 Å². The molecule has 4 fully saturated rings. The van der Waals surface area contributed by atoms with E-state index >= 15 is 0 Å². The highest BCUT2D eigenvalue weighted by Gasteiger charge is 2.55. The number of methoxy groups -OCH3 is 2. The van der Waals surface area contributed by atoms with Gasteiger partial charge in [-0.05, 0) is 29.7 Å². The predicted octanol–water partition coefficient (Wildman–Crippen LogP) is 2.32. The number of aryl methyl sites for hydroxylation is 1. The van der Waals surface area contributed by atoms with Gasteiger partial charge in [-0.25, -0.2) is 0 Å². The lowest BCUT2D eigenvalue weighted by Crippen LogP contribution is -2.70. The van der Waals surface area contributed by atoms with Crippen molar-refractivity contribution < 1.29 is 14.3 Å². The van der Waals surface area contributed by atoms with Gasteiger partial charge in [-0.15, -0.1) is 0 Å². The van der Waals surface area contributed by atoms with Crippen LogP contribution >= 0.6 is 0 Å². The molecule has 6 heteroatoms. The lowest BCUT2D eigenvalue weighted by atomic mass is 9.64. The Labute approximate surface area is 190 Å². The molecule has 4 bridgehead atoms. The SMILES string of the molecule is COc1ccc(CCC(=O)N[C@@H]2C3CN4CCN(C3)CC2(c2ccccc2)C4)cc1OC. The monoisotopic (exact) mass is 435 g/mol. The Morgan fingerprint density at radius 3 is 2.34 bits per heavy atom. The van der Waals surface area contributed by atoms with Crippen molar-refractivity contribution in [2.75, 3.05) is 53.5 Å². The standard InChI is InChI=1S/C26H33N3O3/c1-31-22-10-8-19(14-23(22)32-2)9-11-24(30)27-25-20-15-28-12-13-29(16-20)18-26(25,17-28)21-6-4-3-5-7-21/h3-8,10,14,20,25H,9,11-13,15-18H2,1-2H3,(H,27,30)/t20?,25-,26?/m1/s1. The zero-order valence-corrected chi connectivity index (χ0v) is 19.0. The van der Waals surface area contributed by atoms with Crippen LogP contribution in [0.25, 0.3) is 0 Å². The number of piperidine rings is 2. The number of carbonyl (C=O) groups excluding carboxylic acids is 1. The Hall–Kier alpha value is -2.57. The first-order valence-corrected chi connectivity index (χ1v) is 11.6. The van der Waals surface area contributed by atoms with Gasteiger partial charge in [0.15, 0.2) is 11.5 Å². The maximum absolute atomic E-state index is 13.2. The molecule has 1 amide bonds. The molecule has 4 saturated heterocycles. The van der Waals surface area contributed by atoms with E-state index in [1.807, 2.05) is 18.2 Å². The van der Waals surface area contributed by atoms with Gasteiger partial charge in [-0.2, -0.15) is 0 Å². The number of hydrogen-bond donors (Lipinski definition) is 1. The number of benzene rings is 2. The summed E-state index contributed by atoms with van der Waals surface area (Å²) in [5.41, 5.74) is 2.39. The normalized spacial score (nSPS) is 30.6. The molecule has 170 valence electrons. The molecule has 2 aromatic rings. The van der Waals surface area contributed by atoms with Gasteiger partial charge < -0.3 is 24.6 Å². The Morgan fingerprint density at radius 2 is 1.69 bits per heavy atom. The van der Waals surface area contributed by atoms with Gasteiger partial charge in [0.1, 0.15) is 0 Å². The molecule has 4 aliphatic heterocycles. The molecule has 3 atom stereocenters. The van der Waals surface area contributed by atoms with E-state index in [1.54, 1.807) is 14.2 Å². The van der Waals surface area contributed by atoms with Crippen LogP contribution in [0.1, 0.15) is 17.5 Å². The van der Waals surface area contributed by atoms with E-state index in [2.05, 4.69) is 45.4 Å². The van der Waals surface area contributed by atoms with Gasteiger partial charge in [0.2, 0.25) is 5.91 Å². The molecule has 6 rings (SSSR count). The van der Waals surface area contributed by atoms with Crippen molar-refractivity contribution >= 4 is 5.91 Å². The third-order valence-corrected chi connectivity index (χ3v) is 7.55. The highest BCUT2D eigenvalue weighted by molar-refractivity contribution is 5.77. The molecule has 4 heterocycles. The van der Waals surface area contributed by atoms with Crippen LogP contribution in [0.2, 0.25) is 0 Å². The Kier molecular flexibility index (Phi) is 5.82. The van der Waals surface area contributed by atoms with Crippen LogP contribution < -0.4 is 14.8 Å². The highest BCUT2D eigenvalue weighted by atomic mass is 16.5. The summed E-state index contributed by atoms with van der Waals surface area (Å²) in [6.45, 7) is 6.45. The van der Waals surface area contributed by atoms with Crippen molar-refractivity contribution in [3.8, 4) is 11.5 Å². The topological polar surface area (TPSA) is 54.0 Å². The van der Waals surface area contributed by atoms with E-state index in [-0.39, 0.29) is 17.4 Å². The quantitative estimate of drug-likeness (QED) is 0.724. The minimum atomic E-state index is -0.0437. The number of carbonyl (C=O) groups is 1. The van der Waals surface area contributed by atoms with Crippen LogP contribution in [0.15, 0.2) is 48.5 Å². The Morgan fingerprint density at radius 1 is 1.00 bits per heavy atom. The molecule has 6 nitrogen and oxygen atoms in total. The highest BCUT2D eigenvalue weighted by Crippen LogP contribution is 2.43. The number of nitrogens with zero attached hydrogens (tertiary/aromatic N) is 2. The second-order valence-corrected chi connectivity index (χ2v) is 9.49. The number of ether oxygens (including phenoxy) is 2. The molecule has 2 aromatic carbocycles. The van der Waals surface area contributed by atoms with Crippen LogP contribution in [0, 0.1) is 5.92 Å². The van der Waals surface area contributed by atoms with E-state index in [1.165, 1.54) is 5.56 Å². The summed E-state index contributed by atoms with van der Waals surface area (Å²) in [5, 5.41) is 3.50. The molecule has 32 heavy (non-hydrogen) atoms. The van der Waals surface area contributed by atoms with Crippen LogP contribution in [-0.4, -0.2) is 75.2 Å². The van der Waals surface area contributed by atoms with E-state index < -0.39 is 0 Å². The van der Waals surface area contributed by atoms with Gasteiger partial charge in [-0.3, -0.25) is 4.79 Å². The van der Waals surface area contributed by atoms with Crippen LogP contribution in [0.3, 0.4) is 0 Å². The van der Waals surface area contributed by atoms with Crippen molar-refractivity contribution in [2.24, 2.45) is 5.92 Å². The van der Waals surface area contributed by atoms with E-state index in [0.717, 1.165) is 44.8 Å². The maximum Gasteiger partial charge on any atom is 0.220 e. The first kappa shape index (κ1) is 21.3. The largest absolute Gasteiger partial charge is 0.493 e. The number of rotatable bonds is 7. The summed E-state index contributed by atoms with van der Waals surface area (Å²) in [6, 6.07) is 16.9. The maximum atomic E-state index is 13.2. The molecule has 1 N–H and O–H groups in total. The minimum absolute atomic E-state index is 0.0437. The van der Waals surface area contributed by atoms with Gasteiger partial charge in [-0.1, -0.05) is 36.4 Å². The summed E-state index contributed by atoms with van der Waals surface area (Å²) in [6.07, 6.45) is 1.15. The van der Waals surface area contributed by atoms with Crippen molar-refractivity contribution in [1.29, 1.82) is 0 Å². The minimum Gasteiger partial charge on any atom is -0.493 e. The Bertz CT molecular complexity index is 948. The molecule has 0 aliphatic carbocycles. The van der Waals surface area contributed by atoms with Gasteiger partial charge in [0.25, 0.3) is 0 Å². The molecule has 0 saturated carbocycles. The molecular weight excluding hydrogens is 402 g/mol. The van der Waals surface area contributed by atoms with E-state index in [4.69, 9.17) is 9.47 Å². The second-order valence-electron chi connectivity index (χ2n) is 9.49. The van der Waals surface area contributed by atoms with Crippen LogP contribution in [0.5, 0.6) is 11.5 Å². The summed E-state index contributed by atoms with van der Waals surface area (Å²) in [7, 11) is 3.27. The van der Waals surface area contributed by atoms with E-state index in [0.29, 0.717) is 30.3 Å². The number of fused-ring (bicyclic) bond motifs is 1. The molecule has 0 aromatic heterocycles. The molecule has 0 spiro atoms. The van der Waals surface area contributed by atoms with Crippen molar-refractivity contribution in [1.82, 2.24) is 15.1 Å². The van der Waals surface area contributed by atoms with Crippen LogP contribution in [0.4, 0.5) is 0 Å².